The van der Waals surface area contributed by atoms with E-state index in [0.717, 1.165) is 45.2 Å². The van der Waals surface area contributed by atoms with E-state index in [1.807, 2.05) is 85.2 Å². The number of rotatable bonds is 8. The first-order chi connectivity index (χ1) is 19.1. The van der Waals surface area contributed by atoms with E-state index in [4.69, 9.17) is 28.9 Å². The quantitative estimate of drug-likeness (QED) is 0.247. The van der Waals surface area contributed by atoms with Crippen molar-refractivity contribution in [3.8, 4) is 45.5 Å². The van der Waals surface area contributed by atoms with Crippen LogP contribution in [-0.4, -0.2) is 47.2 Å². The lowest BCUT2D eigenvalue weighted by molar-refractivity contribution is 0.355. The molecular formula is C31H28N4O4. The van der Waals surface area contributed by atoms with Crippen LogP contribution in [0.4, 0.5) is 0 Å². The minimum atomic E-state index is 0.573. The van der Waals surface area contributed by atoms with Crippen molar-refractivity contribution in [1.29, 1.82) is 0 Å². The molecular weight excluding hydrogens is 492 g/mol. The van der Waals surface area contributed by atoms with Gasteiger partial charge in [-0.3, -0.25) is 0 Å². The highest BCUT2D eigenvalue weighted by atomic mass is 16.5. The molecule has 0 radical (unpaired) electrons. The van der Waals surface area contributed by atoms with E-state index in [2.05, 4.69) is 8.80 Å². The third-order valence-corrected chi connectivity index (χ3v) is 6.91. The maximum absolute atomic E-state index is 5.60. The predicted octanol–water partition coefficient (Wildman–Crippen LogP) is 5.94. The third-order valence-electron chi connectivity index (χ3n) is 6.91. The molecule has 0 bridgehead atoms. The molecule has 0 aliphatic rings. The Morgan fingerprint density at radius 2 is 0.974 bits per heavy atom. The average Bonchev–Trinajstić information content (AvgIpc) is 3.55. The fourth-order valence-electron chi connectivity index (χ4n) is 5.02. The number of pyridine rings is 2. The van der Waals surface area contributed by atoms with Crippen LogP contribution in [0, 0.1) is 0 Å². The van der Waals surface area contributed by atoms with Crippen LogP contribution in [0.15, 0.2) is 85.2 Å². The molecule has 0 atom stereocenters. The molecule has 196 valence electrons. The summed E-state index contributed by atoms with van der Waals surface area (Å²) >= 11 is 0. The van der Waals surface area contributed by atoms with Crippen molar-refractivity contribution < 1.29 is 18.9 Å². The Labute approximate surface area is 226 Å². The summed E-state index contributed by atoms with van der Waals surface area (Å²) in [5.41, 5.74) is 7.39. The summed E-state index contributed by atoms with van der Waals surface area (Å²) < 4.78 is 26.4. The predicted molar refractivity (Wildman–Crippen MR) is 150 cm³/mol. The van der Waals surface area contributed by atoms with Crippen LogP contribution in [0.5, 0.6) is 23.0 Å². The van der Waals surface area contributed by atoms with Crippen molar-refractivity contribution in [2.45, 2.75) is 6.42 Å². The van der Waals surface area contributed by atoms with Crippen LogP contribution < -0.4 is 18.9 Å². The van der Waals surface area contributed by atoms with Gasteiger partial charge in [-0.2, -0.15) is 0 Å². The molecule has 8 nitrogen and oxygen atoms in total. The van der Waals surface area contributed by atoms with E-state index in [9.17, 15) is 0 Å². The normalized spacial score (nSPS) is 11.2. The van der Waals surface area contributed by atoms with Crippen LogP contribution in [0.3, 0.4) is 0 Å². The SMILES string of the molecule is COc1ccc(-c2nc3ccccn3c2Cc2c(-c3ccc(OC)c(OC)c3)nc3ccccn23)cc1OC. The number of hydrogen-bond acceptors (Lipinski definition) is 6. The Balaban J connectivity index is 1.56. The highest BCUT2D eigenvalue weighted by Crippen LogP contribution is 2.37. The van der Waals surface area contributed by atoms with Gasteiger partial charge < -0.3 is 27.7 Å². The summed E-state index contributed by atoms with van der Waals surface area (Å²) in [5, 5.41) is 0. The Hall–Kier alpha value is -4.98. The molecule has 0 spiro atoms. The van der Waals surface area contributed by atoms with Crippen LogP contribution in [0.1, 0.15) is 11.4 Å². The first-order valence-electron chi connectivity index (χ1n) is 12.5. The van der Waals surface area contributed by atoms with Crippen molar-refractivity contribution >= 4 is 11.3 Å². The van der Waals surface area contributed by atoms with E-state index in [1.54, 1.807) is 28.4 Å². The number of fused-ring (bicyclic) bond motifs is 2. The fraction of sp³-hybridized carbons (Fsp3) is 0.161. The van der Waals surface area contributed by atoms with E-state index in [1.165, 1.54) is 0 Å². The Morgan fingerprint density at radius 1 is 0.538 bits per heavy atom. The molecule has 39 heavy (non-hydrogen) atoms. The summed E-state index contributed by atoms with van der Waals surface area (Å²) in [7, 11) is 6.54. The minimum absolute atomic E-state index is 0.573. The van der Waals surface area contributed by atoms with Gasteiger partial charge >= 0.3 is 0 Å². The van der Waals surface area contributed by atoms with Gasteiger partial charge in [0.05, 0.1) is 51.2 Å². The molecule has 0 fully saturated rings. The molecule has 6 aromatic rings. The zero-order valence-electron chi connectivity index (χ0n) is 22.2. The number of aromatic nitrogens is 4. The van der Waals surface area contributed by atoms with Gasteiger partial charge in [0, 0.05) is 29.9 Å². The lowest BCUT2D eigenvalue weighted by Gasteiger charge is -2.12. The summed E-state index contributed by atoms with van der Waals surface area (Å²) in [4.78, 5) is 10.1. The van der Waals surface area contributed by atoms with Crippen LogP contribution in [0.25, 0.3) is 33.8 Å². The molecule has 8 heteroatoms. The number of imidazole rings is 2. The van der Waals surface area contributed by atoms with Crippen molar-refractivity contribution in [3.05, 3.63) is 96.6 Å². The number of methoxy groups -OCH3 is 4. The van der Waals surface area contributed by atoms with Gasteiger partial charge in [-0.15, -0.1) is 0 Å². The van der Waals surface area contributed by atoms with E-state index < -0.39 is 0 Å². The molecule has 6 rings (SSSR count). The van der Waals surface area contributed by atoms with Crippen LogP contribution >= 0.6 is 0 Å². The number of nitrogens with zero attached hydrogens (tertiary/aromatic N) is 4. The van der Waals surface area contributed by atoms with E-state index in [-0.39, 0.29) is 0 Å². The summed E-state index contributed by atoms with van der Waals surface area (Å²) in [6.45, 7) is 0. The largest absolute Gasteiger partial charge is 0.493 e. The molecule has 0 amide bonds. The lowest BCUT2D eigenvalue weighted by Crippen LogP contribution is -2.02. The smallest absolute Gasteiger partial charge is 0.161 e. The van der Waals surface area contributed by atoms with Crippen molar-refractivity contribution in [2.75, 3.05) is 28.4 Å². The van der Waals surface area contributed by atoms with Gasteiger partial charge in [0.1, 0.15) is 11.3 Å². The van der Waals surface area contributed by atoms with Gasteiger partial charge in [0.2, 0.25) is 0 Å². The van der Waals surface area contributed by atoms with Crippen molar-refractivity contribution in [3.63, 3.8) is 0 Å². The molecule has 0 unspecified atom stereocenters. The highest BCUT2D eigenvalue weighted by Gasteiger charge is 2.22. The lowest BCUT2D eigenvalue weighted by atomic mass is 10.0. The molecule has 0 aliphatic heterocycles. The molecule has 4 aromatic heterocycles. The minimum Gasteiger partial charge on any atom is -0.493 e. The zero-order chi connectivity index (χ0) is 26.9. The van der Waals surface area contributed by atoms with Crippen LogP contribution in [0.2, 0.25) is 0 Å². The van der Waals surface area contributed by atoms with Crippen molar-refractivity contribution in [2.24, 2.45) is 0 Å². The standard InChI is InChI=1S/C31H28N4O4/c1-36-24-13-11-20(17-26(24)38-3)30-22(34-15-7-5-9-28(34)32-30)19-23-31(33-29-10-6-8-16-35(23)29)21-12-14-25(37-2)27(18-21)39-4/h5-18H,19H2,1-4H3. The first-order valence-corrected chi connectivity index (χ1v) is 12.5. The second kappa shape index (κ2) is 10.1. The Bertz CT molecular complexity index is 1670. The molecule has 4 heterocycles. The molecule has 0 saturated heterocycles. The molecule has 0 aliphatic carbocycles. The van der Waals surface area contributed by atoms with Gasteiger partial charge in [0.25, 0.3) is 0 Å². The first kappa shape index (κ1) is 24.4. The van der Waals surface area contributed by atoms with E-state index >= 15 is 0 Å². The summed E-state index contributed by atoms with van der Waals surface area (Å²) in [5.74, 6) is 2.64. The second-order valence-corrected chi connectivity index (χ2v) is 8.99. The topological polar surface area (TPSA) is 71.5 Å². The number of ether oxygens (including phenoxy) is 4. The summed E-state index contributed by atoms with van der Waals surface area (Å²) in [6, 6.07) is 23.8. The van der Waals surface area contributed by atoms with Gasteiger partial charge in [-0.1, -0.05) is 12.1 Å². The van der Waals surface area contributed by atoms with Gasteiger partial charge in [0.15, 0.2) is 23.0 Å². The maximum Gasteiger partial charge on any atom is 0.161 e. The van der Waals surface area contributed by atoms with Gasteiger partial charge in [-0.05, 0) is 60.7 Å². The molecule has 2 aromatic carbocycles. The number of hydrogen-bond donors (Lipinski definition) is 0. The van der Waals surface area contributed by atoms with Crippen molar-refractivity contribution in [1.82, 2.24) is 18.8 Å². The summed E-state index contributed by atoms with van der Waals surface area (Å²) in [6.07, 6.45) is 4.66. The Morgan fingerprint density at radius 3 is 1.38 bits per heavy atom. The number of benzene rings is 2. The Kier molecular flexibility index (Phi) is 6.28. The highest BCUT2D eigenvalue weighted by molar-refractivity contribution is 5.73. The average molecular weight is 521 g/mol. The second-order valence-electron chi connectivity index (χ2n) is 8.99. The monoisotopic (exact) mass is 520 g/mol. The molecule has 0 N–H and O–H groups in total. The van der Waals surface area contributed by atoms with Gasteiger partial charge in [-0.25, -0.2) is 9.97 Å². The third kappa shape index (κ3) is 4.20. The maximum atomic E-state index is 5.60. The fourth-order valence-corrected chi connectivity index (χ4v) is 5.02. The molecule has 0 saturated carbocycles. The van der Waals surface area contributed by atoms with Crippen LogP contribution in [-0.2, 0) is 6.42 Å². The zero-order valence-corrected chi connectivity index (χ0v) is 22.2. The van der Waals surface area contributed by atoms with E-state index in [0.29, 0.717) is 29.4 Å².